The van der Waals surface area contributed by atoms with Gasteiger partial charge in [-0.2, -0.15) is 0 Å². The van der Waals surface area contributed by atoms with Crippen LogP contribution in [0.2, 0.25) is 0 Å². The summed E-state index contributed by atoms with van der Waals surface area (Å²) in [5, 5.41) is 9.66. The molecule has 0 atom stereocenters. The van der Waals surface area contributed by atoms with E-state index >= 15 is 0 Å². The molecule has 4 rings (SSSR count). The summed E-state index contributed by atoms with van der Waals surface area (Å²) in [4.78, 5) is 21.2. The maximum absolute atomic E-state index is 12.6. The van der Waals surface area contributed by atoms with Crippen molar-refractivity contribution in [2.75, 3.05) is 17.7 Å². The molecule has 7 heteroatoms. The molecule has 1 heterocycles. The van der Waals surface area contributed by atoms with E-state index in [1.807, 2.05) is 54.6 Å². The van der Waals surface area contributed by atoms with Crippen LogP contribution in [-0.4, -0.2) is 29.0 Å². The molecule has 1 aliphatic carbocycles. The highest BCUT2D eigenvalue weighted by molar-refractivity contribution is 5.95. The monoisotopic (exact) mass is 417 g/mol. The minimum absolute atomic E-state index is 0.0291. The van der Waals surface area contributed by atoms with E-state index < -0.39 is 0 Å². The molecule has 1 aliphatic rings. The largest absolute Gasteiger partial charge is 0.497 e. The first-order valence-corrected chi connectivity index (χ1v) is 10.6. The summed E-state index contributed by atoms with van der Waals surface area (Å²) in [7, 11) is 1.63. The first kappa shape index (κ1) is 20.7. The van der Waals surface area contributed by atoms with Crippen molar-refractivity contribution in [3.63, 3.8) is 0 Å². The maximum atomic E-state index is 12.6. The second-order valence-corrected chi connectivity index (χ2v) is 7.66. The number of hydrogen-bond donors (Lipinski definition) is 3. The molecule has 31 heavy (non-hydrogen) atoms. The Bertz CT molecular complexity index is 1030. The highest BCUT2D eigenvalue weighted by atomic mass is 16.5. The van der Waals surface area contributed by atoms with E-state index in [0.717, 1.165) is 30.0 Å². The van der Waals surface area contributed by atoms with Gasteiger partial charge in [-0.25, -0.2) is 9.97 Å². The zero-order chi connectivity index (χ0) is 21.5. The molecule has 3 aromatic rings. The molecular formula is C24H27N5O2. The van der Waals surface area contributed by atoms with Crippen molar-refractivity contribution in [3.8, 4) is 5.75 Å². The van der Waals surface area contributed by atoms with Crippen LogP contribution in [0.1, 0.15) is 42.5 Å². The van der Waals surface area contributed by atoms with Gasteiger partial charge in [-0.1, -0.05) is 31.4 Å². The van der Waals surface area contributed by atoms with Crippen LogP contribution in [0.3, 0.4) is 0 Å². The summed E-state index contributed by atoms with van der Waals surface area (Å²) in [5.41, 5.74) is 2.30. The van der Waals surface area contributed by atoms with Crippen molar-refractivity contribution in [2.45, 2.75) is 38.1 Å². The van der Waals surface area contributed by atoms with E-state index in [4.69, 9.17) is 4.74 Å². The number of nitrogens with one attached hydrogen (secondary N) is 3. The Morgan fingerprint density at radius 2 is 1.58 bits per heavy atom. The van der Waals surface area contributed by atoms with Gasteiger partial charge in [-0.3, -0.25) is 4.79 Å². The Morgan fingerprint density at radius 1 is 0.903 bits per heavy atom. The quantitative estimate of drug-likeness (QED) is 0.499. The van der Waals surface area contributed by atoms with Crippen LogP contribution in [0.15, 0.2) is 60.9 Å². The summed E-state index contributed by atoms with van der Waals surface area (Å²) >= 11 is 0. The van der Waals surface area contributed by atoms with Crippen LogP contribution in [0.25, 0.3) is 0 Å². The van der Waals surface area contributed by atoms with E-state index in [1.165, 1.54) is 25.6 Å². The predicted molar refractivity (Wildman–Crippen MR) is 122 cm³/mol. The molecule has 3 N–H and O–H groups in total. The second-order valence-electron chi connectivity index (χ2n) is 7.66. The number of ether oxygens (including phenoxy) is 1. The van der Waals surface area contributed by atoms with Crippen LogP contribution in [-0.2, 0) is 0 Å². The first-order valence-electron chi connectivity index (χ1n) is 10.6. The Morgan fingerprint density at radius 3 is 2.29 bits per heavy atom. The molecule has 7 nitrogen and oxygen atoms in total. The van der Waals surface area contributed by atoms with Gasteiger partial charge >= 0.3 is 0 Å². The van der Waals surface area contributed by atoms with Crippen molar-refractivity contribution in [3.05, 3.63) is 66.5 Å². The van der Waals surface area contributed by atoms with E-state index in [-0.39, 0.29) is 11.9 Å². The van der Waals surface area contributed by atoms with E-state index in [9.17, 15) is 4.79 Å². The Labute approximate surface area is 182 Å². The summed E-state index contributed by atoms with van der Waals surface area (Å²) in [5.74, 6) is 2.02. The van der Waals surface area contributed by atoms with E-state index in [1.54, 1.807) is 7.11 Å². The van der Waals surface area contributed by atoms with Gasteiger partial charge in [-0.05, 0) is 43.2 Å². The van der Waals surface area contributed by atoms with Gasteiger partial charge < -0.3 is 20.7 Å². The summed E-state index contributed by atoms with van der Waals surface area (Å²) in [6.07, 6.45) is 7.25. The standard InChI is InChI=1S/C24H27N5O2/c1-31-21-12-6-11-20(14-21)28-23-15-22(25-16-26-23)27-19-10-5-7-17(13-19)24(30)29-18-8-3-2-4-9-18/h5-7,10-16,18H,2-4,8-9H2,1H3,(H,29,30)(H2,25,26,27,28). The number of methoxy groups -OCH3 is 1. The van der Waals surface area contributed by atoms with Crippen LogP contribution < -0.4 is 20.7 Å². The average Bonchev–Trinajstić information content (AvgIpc) is 2.80. The molecule has 1 aromatic heterocycles. The molecule has 0 saturated heterocycles. The van der Waals surface area contributed by atoms with Crippen molar-refractivity contribution >= 4 is 28.9 Å². The lowest BCUT2D eigenvalue weighted by atomic mass is 9.95. The Kier molecular flexibility index (Phi) is 6.62. The van der Waals surface area contributed by atoms with Gasteiger partial charge in [0, 0.05) is 35.1 Å². The van der Waals surface area contributed by atoms with Gasteiger partial charge in [0.1, 0.15) is 23.7 Å². The minimum Gasteiger partial charge on any atom is -0.497 e. The zero-order valence-electron chi connectivity index (χ0n) is 17.6. The number of aromatic nitrogens is 2. The topological polar surface area (TPSA) is 88.2 Å². The van der Waals surface area contributed by atoms with E-state index in [0.29, 0.717) is 17.2 Å². The third-order valence-electron chi connectivity index (χ3n) is 5.35. The molecule has 0 bridgehead atoms. The average molecular weight is 418 g/mol. The molecule has 2 aromatic carbocycles. The lowest BCUT2D eigenvalue weighted by molar-refractivity contribution is 0.0927. The van der Waals surface area contributed by atoms with Crippen molar-refractivity contribution in [1.82, 2.24) is 15.3 Å². The van der Waals surface area contributed by atoms with E-state index in [2.05, 4.69) is 25.9 Å². The first-order chi connectivity index (χ1) is 15.2. The van der Waals surface area contributed by atoms with Crippen LogP contribution in [0, 0.1) is 0 Å². The maximum Gasteiger partial charge on any atom is 0.251 e. The lowest BCUT2D eigenvalue weighted by Gasteiger charge is -2.22. The molecular weight excluding hydrogens is 390 g/mol. The molecule has 1 fully saturated rings. The minimum atomic E-state index is -0.0291. The van der Waals surface area contributed by atoms with Crippen LogP contribution >= 0.6 is 0 Å². The van der Waals surface area contributed by atoms with Crippen molar-refractivity contribution in [2.24, 2.45) is 0 Å². The Balaban J connectivity index is 1.42. The molecule has 0 aliphatic heterocycles. The fourth-order valence-corrected chi connectivity index (χ4v) is 3.74. The highest BCUT2D eigenvalue weighted by Gasteiger charge is 2.16. The second kappa shape index (κ2) is 9.93. The molecule has 1 saturated carbocycles. The van der Waals surface area contributed by atoms with Gasteiger partial charge in [0.2, 0.25) is 0 Å². The predicted octanol–water partition coefficient (Wildman–Crippen LogP) is 5.03. The molecule has 160 valence electrons. The molecule has 0 unspecified atom stereocenters. The van der Waals surface area contributed by atoms with Gasteiger partial charge in [-0.15, -0.1) is 0 Å². The van der Waals surface area contributed by atoms with Gasteiger partial charge in [0.15, 0.2) is 0 Å². The molecule has 0 radical (unpaired) electrons. The number of hydrogen-bond acceptors (Lipinski definition) is 6. The number of rotatable bonds is 7. The fourth-order valence-electron chi connectivity index (χ4n) is 3.74. The third kappa shape index (κ3) is 5.72. The number of carbonyl (C=O) groups excluding carboxylic acids is 1. The summed E-state index contributed by atoms with van der Waals surface area (Å²) < 4.78 is 5.26. The molecule has 1 amide bonds. The van der Waals surface area contributed by atoms with Crippen molar-refractivity contribution in [1.29, 1.82) is 0 Å². The number of amides is 1. The van der Waals surface area contributed by atoms with Gasteiger partial charge in [0.05, 0.1) is 7.11 Å². The normalized spacial score (nSPS) is 14.0. The number of benzene rings is 2. The van der Waals surface area contributed by atoms with Crippen molar-refractivity contribution < 1.29 is 9.53 Å². The fraction of sp³-hybridized carbons (Fsp3) is 0.292. The zero-order valence-corrected chi connectivity index (χ0v) is 17.6. The number of carbonyl (C=O) groups is 1. The number of nitrogens with zero attached hydrogens (tertiary/aromatic N) is 2. The van der Waals surface area contributed by atoms with Crippen LogP contribution in [0.5, 0.6) is 5.75 Å². The number of anilines is 4. The van der Waals surface area contributed by atoms with Crippen LogP contribution in [0.4, 0.5) is 23.0 Å². The lowest BCUT2D eigenvalue weighted by Crippen LogP contribution is -2.36. The highest BCUT2D eigenvalue weighted by Crippen LogP contribution is 2.23. The SMILES string of the molecule is COc1cccc(Nc2cc(Nc3cccc(C(=O)NC4CCCCC4)c3)ncn2)c1. The third-order valence-corrected chi connectivity index (χ3v) is 5.35. The summed E-state index contributed by atoms with van der Waals surface area (Å²) in [6, 6.07) is 17.2. The Hall–Kier alpha value is -3.61. The molecule has 0 spiro atoms. The van der Waals surface area contributed by atoms with Gasteiger partial charge in [0.25, 0.3) is 5.91 Å². The smallest absolute Gasteiger partial charge is 0.251 e. The summed E-state index contributed by atoms with van der Waals surface area (Å²) in [6.45, 7) is 0.